The lowest BCUT2D eigenvalue weighted by Crippen LogP contribution is -2.40. The van der Waals surface area contributed by atoms with Crippen molar-refractivity contribution in [3.05, 3.63) is 74.5 Å². The number of nitrogens with one attached hydrogen (secondary N) is 2. The molecule has 9 heteroatoms. The lowest BCUT2D eigenvalue weighted by Gasteiger charge is -2.25. The highest BCUT2D eigenvalue weighted by atomic mass is 35.5. The molecule has 36 heavy (non-hydrogen) atoms. The Morgan fingerprint density at radius 3 is 2.28 bits per heavy atom. The van der Waals surface area contributed by atoms with Gasteiger partial charge in [0.15, 0.2) is 11.5 Å². The predicted molar refractivity (Wildman–Crippen MR) is 139 cm³/mol. The maximum atomic E-state index is 13.5. The quantitative estimate of drug-likeness (QED) is 0.420. The summed E-state index contributed by atoms with van der Waals surface area (Å²) in [5.41, 5.74) is 0.354. The molecule has 0 saturated carbocycles. The van der Waals surface area contributed by atoms with Gasteiger partial charge >= 0.3 is 0 Å². The van der Waals surface area contributed by atoms with Gasteiger partial charge in [-0.2, -0.15) is 0 Å². The first-order chi connectivity index (χ1) is 17.2. The molecule has 0 aromatic heterocycles. The number of aliphatic hydroxyl groups excluding tert-OH is 1. The molecule has 1 saturated heterocycles. The molecule has 0 bridgehead atoms. The summed E-state index contributed by atoms with van der Waals surface area (Å²) in [4.78, 5) is 39.6. The van der Waals surface area contributed by atoms with Gasteiger partial charge in [0.1, 0.15) is 0 Å². The van der Waals surface area contributed by atoms with Gasteiger partial charge in [0.05, 0.1) is 21.0 Å². The number of aliphatic hydroxyl groups is 1. The van der Waals surface area contributed by atoms with E-state index in [4.69, 9.17) is 29.6 Å². The van der Waals surface area contributed by atoms with E-state index < -0.39 is 23.0 Å². The van der Waals surface area contributed by atoms with Gasteiger partial charge in [-0.15, -0.1) is 12.3 Å². The number of fused-ring (bicyclic) bond motifs is 1. The van der Waals surface area contributed by atoms with Gasteiger partial charge in [-0.1, -0.05) is 53.5 Å². The predicted octanol–water partition coefficient (Wildman–Crippen LogP) is 3.14. The van der Waals surface area contributed by atoms with E-state index in [0.29, 0.717) is 5.56 Å². The molecule has 5 rings (SSSR count). The van der Waals surface area contributed by atoms with Crippen LogP contribution in [-0.4, -0.2) is 60.8 Å². The molecule has 2 aromatic carbocycles. The second-order valence-electron chi connectivity index (χ2n) is 8.98. The third kappa shape index (κ3) is 4.54. The van der Waals surface area contributed by atoms with E-state index in [1.54, 1.807) is 0 Å². The molecule has 1 unspecified atom stereocenters. The highest BCUT2D eigenvalue weighted by Crippen LogP contribution is 2.48. The van der Waals surface area contributed by atoms with Crippen LogP contribution in [0.15, 0.2) is 42.2 Å². The van der Waals surface area contributed by atoms with Crippen molar-refractivity contribution in [1.29, 1.82) is 0 Å². The zero-order valence-corrected chi connectivity index (χ0v) is 21.2. The molecule has 3 aliphatic rings. The summed E-state index contributed by atoms with van der Waals surface area (Å²) in [5.74, 6) is -0.109. The zero-order chi connectivity index (χ0) is 26.0. The molecule has 1 atom stereocenters. The van der Waals surface area contributed by atoms with Gasteiger partial charge in [0, 0.05) is 43.7 Å². The van der Waals surface area contributed by atoms with Crippen LogP contribution in [0, 0.1) is 12.3 Å². The molecule has 186 valence electrons. The Labute approximate surface area is 219 Å². The maximum Gasteiger partial charge on any atom is 0.293 e. The highest BCUT2D eigenvalue weighted by molar-refractivity contribution is 6.47. The van der Waals surface area contributed by atoms with Crippen LogP contribution >= 0.6 is 23.2 Å². The number of rotatable bonds is 3. The Morgan fingerprint density at radius 2 is 1.75 bits per heavy atom. The number of hydrogen-bond donors (Lipinski definition) is 3. The summed E-state index contributed by atoms with van der Waals surface area (Å²) in [6.45, 7) is 4.74. The first-order valence-corrected chi connectivity index (χ1v) is 12.2. The lowest BCUT2D eigenvalue weighted by molar-refractivity contribution is -0.124. The number of carbonyl (C=O) groups is 3. The normalized spacial score (nSPS) is 21.6. The average molecular weight is 526 g/mol. The molecule has 1 fully saturated rings. The summed E-state index contributed by atoms with van der Waals surface area (Å²) in [6.07, 6.45) is 5.99. The van der Waals surface area contributed by atoms with Crippen molar-refractivity contribution in [2.24, 2.45) is 0 Å². The second kappa shape index (κ2) is 10.5. The summed E-state index contributed by atoms with van der Waals surface area (Å²) in [6, 6.07) is 10.7. The first-order valence-electron chi connectivity index (χ1n) is 11.4. The number of likely N-dealkylation sites (N-methyl/N-ethyl adjacent to an activating group) is 1. The number of benzene rings is 2. The zero-order valence-electron chi connectivity index (χ0n) is 19.7. The lowest BCUT2D eigenvalue weighted by atomic mass is 9.74. The number of Topliss-reactive ketones (excluding diaryl/α,β-unsaturated/α-hetero) is 1. The number of halogens is 2. The smallest absolute Gasteiger partial charge is 0.293 e. The summed E-state index contributed by atoms with van der Waals surface area (Å²) in [5, 5.41) is 15.2. The first kappa shape index (κ1) is 25.9. The highest BCUT2D eigenvalue weighted by Gasteiger charge is 2.48. The van der Waals surface area contributed by atoms with Crippen LogP contribution in [0.25, 0.3) is 5.57 Å². The fourth-order valence-corrected chi connectivity index (χ4v) is 5.32. The largest absolute Gasteiger partial charge is 0.502 e. The molecule has 1 aliphatic carbocycles. The SMILES string of the molecule is C#CCC1(c2ccccc2)Cc2cc(C3=C(O)C(=O)NC3=O)c(Cl)c(Cl)c2C1=O.CN1CCNCC1. The third-order valence-corrected chi connectivity index (χ3v) is 7.56. The van der Waals surface area contributed by atoms with Crippen LogP contribution < -0.4 is 10.6 Å². The summed E-state index contributed by atoms with van der Waals surface area (Å²) < 4.78 is 0. The van der Waals surface area contributed by atoms with Crippen molar-refractivity contribution in [2.75, 3.05) is 33.2 Å². The Kier molecular flexibility index (Phi) is 7.53. The Bertz CT molecular complexity index is 1310. The summed E-state index contributed by atoms with van der Waals surface area (Å²) in [7, 11) is 2.15. The van der Waals surface area contributed by atoms with Gasteiger partial charge in [0.2, 0.25) is 0 Å². The van der Waals surface area contributed by atoms with E-state index in [2.05, 4.69) is 23.2 Å². The molecule has 2 aliphatic heterocycles. The molecule has 2 amide bonds. The molecular weight excluding hydrogens is 501 g/mol. The van der Waals surface area contributed by atoms with Crippen LogP contribution in [0.4, 0.5) is 0 Å². The molecule has 2 aromatic rings. The number of amides is 2. The topological polar surface area (TPSA) is 98.7 Å². The van der Waals surface area contributed by atoms with Crippen LogP contribution in [-0.2, 0) is 21.4 Å². The molecule has 0 radical (unpaired) electrons. The number of nitrogens with zero attached hydrogens (tertiary/aromatic N) is 1. The van der Waals surface area contributed by atoms with Crippen LogP contribution in [0.5, 0.6) is 0 Å². The van der Waals surface area contributed by atoms with E-state index in [-0.39, 0.29) is 45.4 Å². The van der Waals surface area contributed by atoms with Crippen molar-refractivity contribution in [1.82, 2.24) is 15.5 Å². The van der Waals surface area contributed by atoms with E-state index >= 15 is 0 Å². The number of terminal acetylenes is 1. The van der Waals surface area contributed by atoms with Crippen molar-refractivity contribution in [3.8, 4) is 12.3 Å². The monoisotopic (exact) mass is 525 g/mol. The minimum absolute atomic E-state index is 0.0357. The third-order valence-electron chi connectivity index (χ3n) is 6.69. The Balaban J connectivity index is 0.000000375. The van der Waals surface area contributed by atoms with Gasteiger partial charge in [-0.25, -0.2) is 0 Å². The molecule has 2 heterocycles. The minimum Gasteiger partial charge on any atom is -0.502 e. The van der Waals surface area contributed by atoms with Gasteiger partial charge in [0.25, 0.3) is 11.8 Å². The number of piperazine rings is 1. The number of hydrogen-bond acceptors (Lipinski definition) is 6. The van der Waals surface area contributed by atoms with Gasteiger partial charge < -0.3 is 15.3 Å². The van der Waals surface area contributed by atoms with E-state index in [0.717, 1.165) is 18.7 Å². The van der Waals surface area contributed by atoms with Crippen molar-refractivity contribution < 1.29 is 19.5 Å². The molecule has 7 nitrogen and oxygen atoms in total. The fourth-order valence-electron chi connectivity index (χ4n) is 4.77. The number of imide groups is 1. The van der Waals surface area contributed by atoms with Crippen molar-refractivity contribution in [3.63, 3.8) is 0 Å². The molecule has 0 spiro atoms. The number of ketones is 1. The van der Waals surface area contributed by atoms with Gasteiger partial charge in [-0.3, -0.25) is 19.7 Å². The van der Waals surface area contributed by atoms with Gasteiger partial charge in [-0.05, 0) is 30.7 Å². The van der Waals surface area contributed by atoms with E-state index in [1.165, 1.54) is 19.2 Å². The molecule has 3 N–H and O–H groups in total. The Morgan fingerprint density at radius 1 is 1.08 bits per heavy atom. The number of carbonyl (C=O) groups excluding carboxylic acids is 3. The van der Waals surface area contributed by atoms with Crippen molar-refractivity contribution in [2.45, 2.75) is 18.3 Å². The second-order valence-corrected chi connectivity index (χ2v) is 9.74. The fraction of sp³-hybridized carbons (Fsp3) is 0.296. The molecular formula is C27H25Cl2N3O4. The van der Waals surface area contributed by atoms with E-state index in [9.17, 15) is 19.5 Å². The van der Waals surface area contributed by atoms with Crippen LogP contribution in [0.2, 0.25) is 10.0 Å². The standard InChI is InChI=1S/C22H13Cl2NO4.C5H12N2/c1-2-8-22(12-6-4-3-5-7-12)10-11-9-13(15-18(26)21(29)25-20(15)28)16(23)17(24)14(11)19(22)27;1-7-4-2-6-3-5-7/h1,3-7,9H,8,10H2,(H2,25,26,28,29);6H,2-5H2,1H3. The Hall–Kier alpha value is -3.15. The van der Waals surface area contributed by atoms with Crippen LogP contribution in [0.1, 0.15) is 33.5 Å². The maximum absolute atomic E-state index is 13.5. The van der Waals surface area contributed by atoms with E-state index in [1.807, 2.05) is 35.6 Å². The average Bonchev–Trinajstić information content (AvgIpc) is 3.30. The summed E-state index contributed by atoms with van der Waals surface area (Å²) >= 11 is 12.8. The van der Waals surface area contributed by atoms with Crippen LogP contribution in [0.3, 0.4) is 0 Å². The van der Waals surface area contributed by atoms with Crippen molar-refractivity contribution >= 4 is 46.4 Å². The minimum atomic E-state index is -1.01.